The van der Waals surface area contributed by atoms with E-state index in [1.807, 2.05) is 18.2 Å². The highest BCUT2D eigenvalue weighted by molar-refractivity contribution is 8.00. The Morgan fingerprint density at radius 2 is 2.12 bits per heavy atom. The van der Waals surface area contributed by atoms with E-state index >= 15 is 0 Å². The van der Waals surface area contributed by atoms with Gasteiger partial charge in [0.2, 0.25) is 5.91 Å². The molecule has 24 heavy (non-hydrogen) atoms. The van der Waals surface area contributed by atoms with E-state index in [0.29, 0.717) is 18.2 Å². The van der Waals surface area contributed by atoms with Crippen molar-refractivity contribution in [2.24, 2.45) is 5.73 Å². The van der Waals surface area contributed by atoms with Crippen LogP contribution < -0.4 is 11.1 Å². The van der Waals surface area contributed by atoms with Crippen LogP contribution in [0.25, 0.3) is 0 Å². The maximum absolute atomic E-state index is 12.6. The normalized spacial score (nSPS) is 19.7. The molecular formula is C18H27N3O2S. The van der Waals surface area contributed by atoms with Crippen LogP contribution in [0.2, 0.25) is 0 Å². The lowest BCUT2D eigenvalue weighted by Gasteiger charge is -2.34. The topological polar surface area (TPSA) is 75.4 Å². The molecule has 3 N–H and O–H groups in total. The van der Waals surface area contributed by atoms with Gasteiger partial charge in [-0.15, -0.1) is 11.8 Å². The Morgan fingerprint density at radius 1 is 1.38 bits per heavy atom. The maximum Gasteiger partial charge on any atom is 0.252 e. The molecule has 1 heterocycles. The zero-order valence-electron chi connectivity index (χ0n) is 14.5. The van der Waals surface area contributed by atoms with Crippen molar-refractivity contribution in [2.75, 3.05) is 19.6 Å². The summed E-state index contributed by atoms with van der Waals surface area (Å²) >= 11 is 1.33. The standard InChI is InChI=1S/C18H27N3O2S/c1-3-21-11-7-6-8-14(21)12-20-18(23)15-9-4-5-10-16(15)24-13(2)17(19)22/h4-5,9-10,13-14H,3,6-8,11-12H2,1-2H3,(H2,19,22)(H,20,23)/t13-,14-/m0/s1. The fraction of sp³-hybridized carbons (Fsp3) is 0.556. The summed E-state index contributed by atoms with van der Waals surface area (Å²) in [5.74, 6) is -0.465. The third-order valence-corrected chi connectivity index (χ3v) is 5.69. The number of likely N-dealkylation sites (N-methyl/N-ethyl adjacent to an activating group) is 1. The van der Waals surface area contributed by atoms with Crippen LogP contribution in [0.4, 0.5) is 0 Å². The minimum absolute atomic E-state index is 0.0867. The smallest absolute Gasteiger partial charge is 0.252 e. The van der Waals surface area contributed by atoms with Gasteiger partial charge in [0.15, 0.2) is 0 Å². The summed E-state index contributed by atoms with van der Waals surface area (Å²) < 4.78 is 0. The van der Waals surface area contributed by atoms with Crippen LogP contribution in [0.15, 0.2) is 29.2 Å². The van der Waals surface area contributed by atoms with Gasteiger partial charge in [-0.1, -0.05) is 25.5 Å². The number of thioether (sulfide) groups is 1. The largest absolute Gasteiger partial charge is 0.369 e. The quantitative estimate of drug-likeness (QED) is 0.741. The number of likely N-dealkylation sites (tertiary alicyclic amines) is 1. The second-order valence-electron chi connectivity index (χ2n) is 6.15. The molecule has 132 valence electrons. The van der Waals surface area contributed by atoms with Crippen molar-refractivity contribution in [1.82, 2.24) is 10.2 Å². The lowest BCUT2D eigenvalue weighted by molar-refractivity contribution is -0.117. The van der Waals surface area contributed by atoms with Crippen LogP contribution in [-0.2, 0) is 4.79 Å². The van der Waals surface area contributed by atoms with E-state index in [4.69, 9.17) is 5.73 Å². The molecule has 2 atom stereocenters. The van der Waals surface area contributed by atoms with Crippen molar-refractivity contribution < 1.29 is 9.59 Å². The lowest BCUT2D eigenvalue weighted by Crippen LogP contribution is -2.46. The molecule has 1 aliphatic heterocycles. The van der Waals surface area contributed by atoms with Crippen LogP contribution in [0, 0.1) is 0 Å². The van der Waals surface area contributed by atoms with Crippen molar-refractivity contribution in [3.05, 3.63) is 29.8 Å². The molecule has 0 radical (unpaired) electrons. The van der Waals surface area contributed by atoms with Crippen molar-refractivity contribution in [2.45, 2.75) is 49.3 Å². The molecule has 0 saturated carbocycles. The predicted octanol–water partition coefficient (Wildman–Crippen LogP) is 2.26. The first-order valence-corrected chi connectivity index (χ1v) is 9.48. The average Bonchev–Trinajstić information content (AvgIpc) is 2.60. The van der Waals surface area contributed by atoms with E-state index in [9.17, 15) is 9.59 Å². The summed E-state index contributed by atoms with van der Waals surface area (Å²) in [5.41, 5.74) is 5.94. The number of rotatable bonds is 7. The number of piperidine rings is 1. The third-order valence-electron chi connectivity index (χ3n) is 4.49. The summed E-state index contributed by atoms with van der Waals surface area (Å²) in [6.45, 7) is 6.71. The number of primary amides is 1. The Hall–Kier alpha value is -1.53. The molecule has 1 aromatic carbocycles. The zero-order valence-corrected chi connectivity index (χ0v) is 15.3. The Balaban J connectivity index is 2.00. The average molecular weight is 350 g/mol. The number of amides is 2. The molecule has 5 nitrogen and oxygen atoms in total. The number of hydrogen-bond acceptors (Lipinski definition) is 4. The van der Waals surface area contributed by atoms with Crippen LogP contribution in [0.5, 0.6) is 0 Å². The number of nitrogens with zero attached hydrogens (tertiary/aromatic N) is 1. The Kier molecular flexibility index (Phi) is 7.12. The van der Waals surface area contributed by atoms with Crippen LogP contribution >= 0.6 is 11.8 Å². The van der Waals surface area contributed by atoms with E-state index in [-0.39, 0.29) is 17.1 Å². The van der Waals surface area contributed by atoms with Crippen LogP contribution in [0.1, 0.15) is 43.5 Å². The van der Waals surface area contributed by atoms with Crippen LogP contribution in [0.3, 0.4) is 0 Å². The lowest BCUT2D eigenvalue weighted by atomic mass is 10.0. The minimum atomic E-state index is -0.379. The summed E-state index contributed by atoms with van der Waals surface area (Å²) in [6.07, 6.45) is 3.59. The van der Waals surface area contributed by atoms with E-state index in [0.717, 1.165) is 24.4 Å². The van der Waals surface area contributed by atoms with Crippen molar-refractivity contribution in [3.8, 4) is 0 Å². The molecule has 0 aromatic heterocycles. The number of carbonyl (C=O) groups is 2. The summed E-state index contributed by atoms with van der Waals surface area (Å²) in [5, 5.41) is 2.70. The Labute approximate surface area is 148 Å². The Morgan fingerprint density at radius 3 is 2.83 bits per heavy atom. The van der Waals surface area contributed by atoms with Crippen molar-refractivity contribution >= 4 is 23.6 Å². The SMILES string of the molecule is CCN1CCCC[C@H]1CNC(=O)c1ccccc1S[C@@H](C)C(N)=O. The second kappa shape index (κ2) is 9.08. The number of nitrogens with two attached hydrogens (primary N) is 1. The highest BCUT2D eigenvalue weighted by Crippen LogP contribution is 2.26. The fourth-order valence-corrected chi connectivity index (χ4v) is 3.96. The Bertz CT molecular complexity index is 579. The molecule has 0 unspecified atom stereocenters. The molecule has 0 aliphatic carbocycles. The monoisotopic (exact) mass is 349 g/mol. The van der Waals surface area contributed by atoms with Gasteiger partial charge in [-0.25, -0.2) is 0 Å². The summed E-state index contributed by atoms with van der Waals surface area (Å²) in [4.78, 5) is 27.1. The molecule has 1 aromatic rings. The highest BCUT2D eigenvalue weighted by atomic mass is 32.2. The number of benzene rings is 1. The van der Waals surface area contributed by atoms with Gasteiger partial charge in [0.25, 0.3) is 5.91 Å². The predicted molar refractivity (Wildman–Crippen MR) is 98.2 cm³/mol. The first-order valence-electron chi connectivity index (χ1n) is 8.60. The second-order valence-corrected chi connectivity index (χ2v) is 7.53. The molecule has 0 bridgehead atoms. The first kappa shape index (κ1) is 18.8. The highest BCUT2D eigenvalue weighted by Gasteiger charge is 2.22. The molecular weight excluding hydrogens is 322 g/mol. The molecule has 0 spiro atoms. The molecule has 2 amide bonds. The molecule has 1 saturated heterocycles. The first-order chi connectivity index (χ1) is 11.5. The van der Waals surface area contributed by atoms with Gasteiger partial charge in [-0.3, -0.25) is 14.5 Å². The third kappa shape index (κ3) is 4.98. The number of carbonyl (C=O) groups excluding carboxylic acids is 2. The van der Waals surface area contributed by atoms with Gasteiger partial charge < -0.3 is 11.1 Å². The molecule has 1 fully saturated rings. The van der Waals surface area contributed by atoms with Gasteiger partial charge in [-0.2, -0.15) is 0 Å². The van der Waals surface area contributed by atoms with Gasteiger partial charge in [0.05, 0.1) is 10.8 Å². The van der Waals surface area contributed by atoms with Gasteiger partial charge in [0, 0.05) is 17.5 Å². The van der Waals surface area contributed by atoms with E-state index in [2.05, 4.69) is 17.1 Å². The molecule has 6 heteroatoms. The van der Waals surface area contributed by atoms with Crippen molar-refractivity contribution in [1.29, 1.82) is 0 Å². The van der Waals surface area contributed by atoms with Crippen LogP contribution in [-0.4, -0.2) is 47.6 Å². The molecule has 1 aliphatic rings. The summed E-state index contributed by atoms with van der Waals surface area (Å²) in [7, 11) is 0. The van der Waals surface area contributed by atoms with E-state index in [1.54, 1.807) is 13.0 Å². The minimum Gasteiger partial charge on any atom is -0.369 e. The van der Waals surface area contributed by atoms with Crippen molar-refractivity contribution in [3.63, 3.8) is 0 Å². The van der Waals surface area contributed by atoms with Gasteiger partial charge in [-0.05, 0) is 45.0 Å². The van der Waals surface area contributed by atoms with E-state index < -0.39 is 0 Å². The maximum atomic E-state index is 12.6. The van der Waals surface area contributed by atoms with Gasteiger partial charge >= 0.3 is 0 Å². The fourth-order valence-electron chi connectivity index (χ4n) is 3.02. The molecule has 2 rings (SSSR count). The zero-order chi connectivity index (χ0) is 17.5. The number of hydrogen-bond donors (Lipinski definition) is 2. The van der Waals surface area contributed by atoms with E-state index in [1.165, 1.54) is 24.6 Å². The summed E-state index contributed by atoms with van der Waals surface area (Å²) in [6, 6.07) is 7.78. The number of nitrogens with one attached hydrogen (secondary N) is 1. The van der Waals surface area contributed by atoms with Gasteiger partial charge in [0.1, 0.15) is 0 Å².